The van der Waals surface area contributed by atoms with E-state index in [0.717, 1.165) is 10.0 Å². The first-order chi connectivity index (χ1) is 9.26. The van der Waals surface area contributed by atoms with Gasteiger partial charge < -0.3 is 5.11 Å². The maximum Gasteiger partial charge on any atom is 0.339 e. The van der Waals surface area contributed by atoms with E-state index in [-0.39, 0.29) is 17.9 Å². The third-order valence-corrected chi connectivity index (χ3v) is 5.04. The summed E-state index contributed by atoms with van der Waals surface area (Å²) in [6.45, 7) is 0.131. The Kier molecular flexibility index (Phi) is 4.31. The molecule has 0 spiro atoms. The van der Waals surface area contributed by atoms with Crippen LogP contribution in [0.15, 0.2) is 22.1 Å². The molecular formula is C11H11BrN2O4S2. The molecule has 0 saturated heterocycles. The first-order valence-corrected chi connectivity index (χ1v) is 9.17. The Morgan fingerprint density at radius 3 is 2.70 bits per heavy atom. The second kappa shape index (κ2) is 5.66. The number of halogens is 1. The monoisotopic (exact) mass is 378 g/mol. The standard InChI is InChI=1S/C11H11BrN2O4S2/c1-20(17,18)5-4-14-6-7(11(15)16)10(13-14)8-2-3-9(12)19-8/h2-3,6H,4-5H2,1H3,(H,15,16). The summed E-state index contributed by atoms with van der Waals surface area (Å²) < 4.78 is 24.5. The summed E-state index contributed by atoms with van der Waals surface area (Å²) >= 11 is 4.68. The number of aromatic nitrogens is 2. The number of carboxylic acids is 1. The first-order valence-electron chi connectivity index (χ1n) is 5.50. The molecule has 0 atom stereocenters. The van der Waals surface area contributed by atoms with Crippen LogP contribution < -0.4 is 0 Å². The topological polar surface area (TPSA) is 89.3 Å². The fraction of sp³-hybridized carbons (Fsp3) is 0.273. The summed E-state index contributed by atoms with van der Waals surface area (Å²) in [7, 11) is -3.12. The SMILES string of the molecule is CS(=O)(=O)CCn1cc(C(=O)O)c(-c2ccc(Br)s2)n1. The average molecular weight is 379 g/mol. The van der Waals surface area contributed by atoms with Crippen molar-refractivity contribution in [3.8, 4) is 10.6 Å². The van der Waals surface area contributed by atoms with Crippen molar-refractivity contribution in [2.75, 3.05) is 12.0 Å². The summed E-state index contributed by atoms with van der Waals surface area (Å²) in [5, 5.41) is 13.4. The predicted molar refractivity (Wildman–Crippen MR) is 79.9 cm³/mol. The highest BCUT2D eigenvalue weighted by Gasteiger charge is 2.19. The molecule has 0 unspecified atom stereocenters. The van der Waals surface area contributed by atoms with Crippen LogP contribution in [-0.2, 0) is 16.4 Å². The molecule has 2 aromatic rings. The molecule has 0 bridgehead atoms. The molecule has 0 fully saturated rings. The van der Waals surface area contributed by atoms with Crippen LogP contribution in [0.1, 0.15) is 10.4 Å². The minimum atomic E-state index is -3.12. The largest absolute Gasteiger partial charge is 0.478 e. The lowest BCUT2D eigenvalue weighted by Gasteiger charge is -1.98. The maximum absolute atomic E-state index is 11.2. The van der Waals surface area contributed by atoms with Crippen molar-refractivity contribution in [3.05, 3.63) is 27.7 Å². The van der Waals surface area contributed by atoms with Crippen molar-refractivity contribution in [1.82, 2.24) is 9.78 Å². The molecule has 0 aliphatic heterocycles. The van der Waals surface area contributed by atoms with Crippen molar-refractivity contribution in [2.45, 2.75) is 6.54 Å². The van der Waals surface area contributed by atoms with Gasteiger partial charge in [-0.3, -0.25) is 4.68 Å². The molecule has 6 nitrogen and oxygen atoms in total. The lowest BCUT2D eigenvalue weighted by Crippen LogP contribution is -2.11. The first kappa shape index (κ1) is 15.2. The Balaban J connectivity index is 2.36. The van der Waals surface area contributed by atoms with Crippen LogP contribution in [0.3, 0.4) is 0 Å². The Hall–Kier alpha value is -1.19. The van der Waals surface area contributed by atoms with E-state index in [9.17, 15) is 18.3 Å². The summed E-state index contributed by atoms with van der Waals surface area (Å²) in [6.07, 6.45) is 2.49. The van der Waals surface area contributed by atoms with E-state index in [1.165, 1.54) is 22.2 Å². The van der Waals surface area contributed by atoms with Gasteiger partial charge in [-0.25, -0.2) is 13.2 Å². The van der Waals surface area contributed by atoms with Gasteiger partial charge in [0.25, 0.3) is 0 Å². The molecule has 0 aliphatic carbocycles. The van der Waals surface area contributed by atoms with Gasteiger partial charge in [-0.15, -0.1) is 11.3 Å². The van der Waals surface area contributed by atoms with Gasteiger partial charge in [0, 0.05) is 12.5 Å². The zero-order valence-electron chi connectivity index (χ0n) is 10.4. The van der Waals surface area contributed by atoms with Crippen molar-refractivity contribution in [3.63, 3.8) is 0 Å². The van der Waals surface area contributed by atoms with Gasteiger partial charge in [0.2, 0.25) is 0 Å². The van der Waals surface area contributed by atoms with Crippen LogP contribution >= 0.6 is 27.3 Å². The number of carbonyl (C=O) groups is 1. The Morgan fingerprint density at radius 2 is 2.20 bits per heavy atom. The van der Waals surface area contributed by atoms with Crippen molar-refractivity contribution >= 4 is 43.1 Å². The van der Waals surface area contributed by atoms with Crippen molar-refractivity contribution < 1.29 is 18.3 Å². The molecule has 2 rings (SSSR count). The summed E-state index contributed by atoms with van der Waals surface area (Å²) in [6, 6.07) is 3.57. The van der Waals surface area contributed by atoms with Gasteiger partial charge in [0.15, 0.2) is 0 Å². The lowest BCUT2D eigenvalue weighted by molar-refractivity contribution is 0.0697. The van der Waals surface area contributed by atoms with E-state index in [2.05, 4.69) is 21.0 Å². The molecule has 1 N–H and O–H groups in total. The predicted octanol–water partition coefficient (Wildman–Crippen LogP) is 2.12. The zero-order chi connectivity index (χ0) is 14.9. The highest BCUT2D eigenvalue weighted by atomic mass is 79.9. The number of aryl methyl sites for hydroxylation is 1. The summed E-state index contributed by atoms with van der Waals surface area (Å²) in [5.41, 5.74) is 0.412. The quantitative estimate of drug-likeness (QED) is 0.860. The number of aromatic carboxylic acids is 1. The molecule has 2 heterocycles. The van der Waals surface area contributed by atoms with Gasteiger partial charge in [0.05, 0.1) is 21.0 Å². The second-order valence-electron chi connectivity index (χ2n) is 4.19. The molecular weight excluding hydrogens is 368 g/mol. The molecule has 20 heavy (non-hydrogen) atoms. The van der Waals surface area contributed by atoms with E-state index in [1.54, 1.807) is 12.1 Å². The van der Waals surface area contributed by atoms with E-state index < -0.39 is 15.8 Å². The third kappa shape index (κ3) is 3.68. The maximum atomic E-state index is 11.2. The fourth-order valence-corrected chi connectivity index (χ4v) is 3.48. The molecule has 0 radical (unpaired) electrons. The molecule has 9 heteroatoms. The molecule has 0 amide bonds. The number of rotatable bonds is 5. The van der Waals surface area contributed by atoms with Crippen molar-refractivity contribution in [2.24, 2.45) is 0 Å². The van der Waals surface area contributed by atoms with Crippen LogP contribution in [0.5, 0.6) is 0 Å². The number of thiophene rings is 1. The number of nitrogens with zero attached hydrogens (tertiary/aromatic N) is 2. The molecule has 0 saturated carbocycles. The Bertz CT molecular complexity index is 748. The van der Waals surface area contributed by atoms with Crippen LogP contribution in [0.2, 0.25) is 0 Å². The van der Waals surface area contributed by atoms with E-state index in [0.29, 0.717) is 10.6 Å². The molecule has 108 valence electrons. The molecule has 2 aromatic heterocycles. The van der Waals surface area contributed by atoms with Crippen LogP contribution in [0.25, 0.3) is 10.6 Å². The van der Waals surface area contributed by atoms with Crippen LogP contribution in [0, 0.1) is 0 Å². The van der Waals surface area contributed by atoms with Crippen LogP contribution in [-0.4, -0.2) is 41.3 Å². The highest BCUT2D eigenvalue weighted by molar-refractivity contribution is 9.11. The van der Waals surface area contributed by atoms with Gasteiger partial charge in [0.1, 0.15) is 21.1 Å². The number of hydrogen-bond acceptors (Lipinski definition) is 5. The average Bonchev–Trinajstić information content (AvgIpc) is 2.91. The lowest BCUT2D eigenvalue weighted by atomic mass is 10.2. The molecule has 0 aromatic carbocycles. The number of hydrogen-bond donors (Lipinski definition) is 1. The third-order valence-electron chi connectivity index (χ3n) is 2.49. The normalized spacial score (nSPS) is 11.7. The van der Waals surface area contributed by atoms with Gasteiger partial charge in [-0.2, -0.15) is 5.10 Å². The second-order valence-corrected chi connectivity index (χ2v) is 8.92. The van der Waals surface area contributed by atoms with Crippen LogP contribution in [0.4, 0.5) is 0 Å². The number of carboxylic acid groups (broad SMARTS) is 1. The van der Waals surface area contributed by atoms with E-state index in [4.69, 9.17) is 0 Å². The number of sulfone groups is 1. The fourth-order valence-electron chi connectivity index (χ4n) is 1.58. The minimum absolute atomic E-state index is 0.0628. The van der Waals surface area contributed by atoms with Crippen molar-refractivity contribution in [1.29, 1.82) is 0 Å². The van der Waals surface area contributed by atoms with Gasteiger partial charge >= 0.3 is 5.97 Å². The summed E-state index contributed by atoms with van der Waals surface area (Å²) in [5.74, 6) is -1.17. The summed E-state index contributed by atoms with van der Waals surface area (Å²) in [4.78, 5) is 12.0. The van der Waals surface area contributed by atoms with E-state index in [1.807, 2.05) is 0 Å². The van der Waals surface area contributed by atoms with Gasteiger partial charge in [-0.1, -0.05) is 0 Å². The Morgan fingerprint density at radius 1 is 1.50 bits per heavy atom. The minimum Gasteiger partial charge on any atom is -0.478 e. The van der Waals surface area contributed by atoms with E-state index >= 15 is 0 Å². The van der Waals surface area contributed by atoms with Gasteiger partial charge in [-0.05, 0) is 28.1 Å². The zero-order valence-corrected chi connectivity index (χ0v) is 13.6. The highest BCUT2D eigenvalue weighted by Crippen LogP contribution is 2.32. The molecule has 0 aliphatic rings. The Labute approximate surface area is 128 Å². The smallest absolute Gasteiger partial charge is 0.339 e.